The second kappa shape index (κ2) is 8.56. The number of nitrogens with one attached hydrogen (secondary N) is 2. The van der Waals surface area contributed by atoms with Gasteiger partial charge in [0.15, 0.2) is 0 Å². The Morgan fingerprint density at radius 1 is 1.07 bits per heavy atom. The molecule has 1 heterocycles. The van der Waals surface area contributed by atoms with Crippen molar-refractivity contribution in [3.8, 4) is 22.8 Å². The number of methoxy groups -OCH3 is 2. The van der Waals surface area contributed by atoms with Crippen molar-refractivity contribution in [3.63, 3.8) is 0 Å². The molecule has 0 bridgehead atoms. The molecule has 0 atom stereocenters. The Bertz CT molecular complexity index is 1170. The SMILES string of the molecule is COc1cccc(NC(=O)c2cc(-c3ccc(OC)c(S(=O)(=O)N(C)C)c3)n[nH]2)c1. The number of hydrogen-bond donors (Lipinski definition) is 2. The number of aromatic nitrogens is 2. The van der Waals surface area contributed by atoms with Crippen LogP contribution in [0.2, 0.25) is 0 Å². The number of hydrogen-bond acceptors (Lipinski definition) is 6. The smallest absolute Gasteiger partial charge is 0.273 e. The molecule has 0 saturated carbocycles. The zero-order valence-electron chi connectivity index (χ0n) is 17.0. The van der Waals surface area contributed by atoms with Gasteiger partial charge in [-0.2, -0.15) is 5.10 Å². The van der Waals surface area contributed by atoms with Gasteiger partial charge in [-0.05, 0) is 36.4 Å². The van der Waals surface area contributed by atoms with E-state index in [0.717, 1.165) is 4.31 Å². The number of benzene rings is 2. The number of rotatable bonds is 7. The van der Waals surface area contributed by atoms with Crippen molar-refractivity contribution in [1.82, 2.24) is 14.5 Å². The van der Waals surface area contributed by atoms with Crippen LogP contribution >= 0.6 is 0 Å². The van der Waals surface area contributed by atoms with E-state index >= 15 is 0 Å². The normalized spacial score (nSPS) is 11.4. The lowest BCUT2D eigenvalue weighted by Gasteiger charge is -2.15. The third-order valence-corrected chi connectivity index (χ3v) is 6.20. The van der Waals surface area contributed by atoms with Crippen LogP contribution in [0, 0.1) is 0 Å². The van der Waals surface area contributed by atoms with Gasteiger partial charge in [0.1, 0.15) is 22.1 Å². The predicted octanol–water partition coefficient (Wildman–Crippen LogP) is 2.60. The standard InChI is InChI=1S/C20H22N4O5S/c1-24(2)30(26,27)19-10-13(8-9-18(19)29-4)16-12-17(23-22-16)20(25)21-14-6-5-7-15(11-14)28-3/h5-12H,1-4H3,(H,21,25)(H,22,23). The van der Waals surface area contributed by atoms with Crippen molar-refractivity contribution in [3.05, 3.63) is 54.2 Å². The molecular weight excluding hydrogens is 408 g/mol. The first-order valence-electron chi connectivity index (χ1n) is 8.88. The minimum absolute atomic E-state index is 0.0119. The molecule has 0 spiro atoms. The van der Waals surface area contributed by atoms with Gasteiger partial charge in [0, 0.05) is 31.4 Å². The minimum Gasteiger partial charge on any atom is -0.497 e. The van der Waals surface area contributed by atoms with Crippen molar-refractivity contribution in [1.29, 1.82) is 0 Å². The van der Waals surface area contributed by atoms with Gasteiger partial charge in [0.05, 0.1) is 19.9 Å². The van der Waals surface area contributed by atoms with Crippen LogP contribution in [-0.2, 0) is 10.0 Å². The first-order valence-corrected chi connectivity index (χ1v) is 10.3. The van der Waals surface area contributed by atoms with Crippen molar-refractivity contribution < 1.29 is 22.7 Å². The molecule has 0 aliphatic heterocycles. The third-order valence-electron chi connectivity index (χ3n) is 4.37. The van der Waals surface area contributed by atoms with Crippen LogP contribution in [0.3, 0.4) is 0 Å². The van der Waals surface area contributed by atoms with Crippen LogP contribution in [0.15, 0.2) is 53.4 Å². The molecule has 2 aromatic carbocycles. The van der Waals surface area contributed by atoms with Crippen LogP contribution < -0.4 is 14.8 Å². The highest BCUT2D eigenvalue weighted by atomic mass is 32.2. The van der Waals surface area contributed by atoms with E-state index in [4.69, 9.17) is 9.47 Å². The Morgan fingerprint density at radius 3 is 2.50 bits per heavy atom. The average molecular weight is 430 g/mol. The second-order valence-corrected chi connectivity index (χ2v) is 8.63. The van der Waals surface area contributed by atoms with Crippen molar-refractivity contribution >= 4 is 21.6 Å². The van der Waals surface area contributed by atoms with E-state index < -0.39 is 15.9 Å². The lowest BCUT2D eigenvalue weighted by molar-refractivity contribution is 0.102. The molecule has 0 radical (unpaired) electrons. The fourth-order valence-corrected chi connectivity index (χ4v) is 3.79. The largest absolute Gasteiger partial charge is 0.497 e. The van der Waals surface area contributed by atoms with Gasteiger partial charge in [0.2, 0.25) is 10.0 Å². The Morgan fingerprint density at radius 2 is 1.83 bits per heavy atom. The van der Waals surface area contributed by atoms with Crippen LogP contribution in [0.25, 0.3) is 11.3 Å². The van der Waals surface area contributed by atoms with Crippen LogP contribution in [-0.4, -0.2) is 57.1 Å². The van der Waals surface area contributed by atoms with Gasteiger partial charge in [-0.1, -0.05) is 6.07 Å². The Labute approximate surface area is 174 Å². The van der Waals surface area contributed by atoms with E-state index in [9.17, 15) is 13.2 Å². The van der Waals surface area contributed by atoms with Gasteiger partial charge < -0.3 is 14.8 Å². The summed E-state index contributed by atoms with van der Waals surface area (Å²) in [5.41, 5.74) is 1.73. The number of sulfonamides is 1. The number of ether oxygens (including phenoxy) is 2. The number of carbonyl (C=O) groups excluding carboxylic acids is 1. The number of aromatic amines is 1. The molecule has 2 N–H and O–H groups in total. The highest BCUT2D eigenvalue weighted by Gasteiger charge is 2.23. The van der Waals surface area contributed by atoms with Crippen LogP contribution in [0.5, 0.6) is 11.5 Å². The number of nitrogens with zero attached hydrogens (tertiary/aromatic N) is 2. The molecule has 1 amide bonds. The van der Waals surface area contributed by atoms with Gasteiger partial charge in [-0.25, -0.2) is 12.7 Å². The highest BCUT2D eigenvalue weighted by molar-refractivity contribution is 7.89. The lowest BCUT2D eigenvalue weighted by Crippen LogP contribution is -2.22. The van der Waals surface area contributed by atoms with E-state index in [1.165, 1.54) is 27.3 Å². The fraction of sp³-hybridized carbons (Fsp3) is 0.200. The summed E-state index contributed by atoms with van der Waals surface area (Å²) in [6.07, 6.45) is 0. The molecule has 0 fully saturated rings. The maximum absolute atomic E-state index is 12.6. The molecule has 158 valence electrons. The summed E-state index contributed by atoms with van der Waals surface area (Å²) >= 11 is 0. The zero-order chi connectivity index (χ0) is 21.9. The Balaban J connectivity index is 1.89. The van der Waals surface area contributed by atoms with Gasteiger partial charge in [-0.15, -0.1) is 0 Å². The summed E-state index contributed by atoms with van der Waals surface area (Å²) in [5.74, 6) is 0.446. The van der Waals surface area contributed by atoms with Crippen molar-refractivity contribution in [2.24, 2.45) is 0 Å². The molecule has 30 heavy (non-hydrogen) atoms. The summed E-state index contributed by atoms with van der Waals surface area (Å²) in [6.45, 7) is 0. The molecule has 3 aromatic rings. The Hall–Kier alpha value is -3.37. The van der Waals surface area contributed by atoms with E-state index in [1.807, 2.05) is 0 Å². The summed E-state index contributed by atoms with van der Waals surface area (Å²) in [6, 6.07) is 13.2. The molecule has 1 aromatic heterocycles. The van der Waals surface area contributed by atoms with Crippen molar-refractivity contribution in [2.75, 3.05) is 33.6 Å². The molecule has 0 aliphatic rings. The first-order chi connectivity index (χ1) is 14.3. The monoisotopic (exact) mass is 430 g/mol. The molecular formula is C20H22N4O5S. The summed E-state index contributed by atoms with van der Waals surface area (Å²) < 4.78 is 36.7. The van der Waals surface area contributed by atoms with Gasteiger partial charge in [0.25, 0.3) is 5.91 Å². The average Bonchev–Trinajstić information content (AvgIpc) is 3.23. The predicted molar refractivity (Wildman–Crippen MR) is 112 cm³/mol. The number of carbonyl (C=O) groups is 1. The summed E-state index contributed by atoms with van der Waals surface area (Å²) in [5, 5.41) is 9.58. The molecule has 10 heteroatoms. The van der Waals surface area contributed by atoms with Crippen molar-refractivity contribution in [2.45, 2.75) is 4.90 Å². The topological polar surface area (TPSA) is 114 Å². The van der Waals surface area contributed by atoms with Gasteiger partial charge >= 0.3 is 0 Å². The summed E-state index contributed by atoms with van der Waals surface area (Å²) in [7, 11) is 2.10. The molecule has 0 unspecified atom stereocenters. The fourth-order valence-electron chi connectivity index (χ4n) is 2.72. The second-order valence-electron chi connectivity index (χ2n) is 6.51. The van der Waals surface area contributed by atoms with E-state index in [0.29, 0.717) is 22.7 Å². The molecule has 9 nitrogen and oxygen atoms in total. The Kier molecular flexibility index (Phi) is 6.09. The van der Waals surface area contributed by atoms with Gasteiger partial charge in [-0.3, -0.25) is 9.89 Å². The quantitative estimate of drug-likeness (QED) is 0.596. The number of H-pyrrole nitrogens is 1. The molecule has 0 saturated heterocycles. The minimum atomic E-state index is -3.73. The molecule has 3 rings (SSSR count). The molecule has 0 aliphatic carbocycles. The maximum Gasteiger partial charge on any atom is 0.273 e. The van der Waals surface area contributed by atoms with Crippen LogP contribution in [0.1, 0.15) is 10.5 Å². The van der Waals surface area contributed by atoms with E-state index in [2.05, 4.69) is 15.5 Å². The highest BCUT2D eigenvalue weighted by Crippen LogP contribution is 2.31. The zero-order valence-corrected chi connectivity index (χ0v) is 17.8. The maximum atomic E-state index is 12.6. The van der Waals surface area contributed by atoms with E-state index in [1.54, 1.807) is 49.6 Å². The van der Waals surface area contributed by atoms with Crippen LogP contribution in [0.4, 0.5) is 5.69 Å². The lowest BCUT2D eigenvalue weighted by atomic mass is 10.1. The number of amides is 1. The number of anilines is 1. The van der Waals surface area contributed by atoms with E-state index in [-0.39, 0.29) is 16.3 Å². The third kappa shape index (κ3) is 4.29. The first kappa shape index (κ1) is 21.3. The summed E-state index contributed by atoms with van der Waals surface area (Å²) in [4.78, 5) is 12.5.